The van der Waals surface area contributed by atoms with E-state index in [1.54, 1.807) is 0 Å². The fourth-order valence-corrected chi connectivity index (χ4v) is 2.36. The van der Waals surface area contributed by atoms with Crippen LogP contribution >= 0.6 is 0 Å². The van der Waals surface area contributed by atoms with Crippen LogP contribution in [-0.2, 0) is 6.42 Å². The Balaban J connectivity index is 1.90. The van der Waals surface area contributed by atoms with Crippen molar-refractivity contribution in [3.05, 3.63) is 29.7 Å². The molecule has 0 aliphatic carbocycles. The van der Waals surface area contributed by atoms with Gasteiger partial charge in [0.2, 0.25) is 0 Å². The first-order chi connectivity index (χ1) is 7.83. The molecular weight excluding hydrogens is 200 g/mol. The Kier molecular flexibility index (Phi) is 2.40. The fourth-order valence-electron chi connectivity index (χ4n) is 2.36. The van der Waals surface area contributed by atoms with Gasteiger partial charge in [-0.05, 0) is 37.9 Å². The molecule has 16 heavy (non-hydrogen) atoms. The molecule has 1 fully saturated rings. The van der Waals surface area contributed by atoms with E-state index >= 15 is 0 Å². The van der Waals surface area contributed by atoms with Crippen LogP contribution in [0.5, 0.6) is 0 Å². The van der Waals surface area contributed by atoms with Gasteiger partial charge in [-0.1, -0.05) is 12.1 Å². The van der Waals surface area contributed by atoms with E-state index in [1.165, 1.54) is 18.4 Å². The number of para-hydroxylation sites is 1. The number of rotatable bonds is 2. The average molecular weight is 216 g/mol. The van der Waals surface area contributed by atoms with E-state index in [0.717, 1.165) is 30.0 Å². The van der Waals surface area contributed by atoms with Gasteiger partial charge >= 0.3 is 0 Å². The molecule has 1 atom stereocenters. The lowest BCUT2D eigenvalue weighted by Crippen LogP contribution is -2.23. The van der Waals surface area contributed by atoms with E-state index in [9.17, 15) is 0 Å². The molecule has 1 unspecified atom stereocenters. The molecule has 3 rings (SSSR count). The van der Waals surface area contributed by atoms with Crippen LogP contribution in [0.1, 0.15) is 24.3 Å². The Morgan fingerprint density at radius 2 is 2.44 bits per heavy atom. The minimum absolute atomic E-state index is 0.549. The first kappa shape index (κ1) is 9.85. The summed E-state index contributed by atoms with van der Waals surface area (Å²) >= 11 is 0. The van der Waals surface area contributed by atoms with Crippen molar-refractivity contribution in [1.82, 2.24) is 10.3 Å². The molecule has 1 aliphatic heterocycles. The van der Waals surface area contributed by atoms with Gasteiger partial charge in [0.15, 0.2) is 11.5 Å². The molecule has 3 heteroatoms. The Bertz CT molecular complexity index is 498. The van der Waals surface area contributed by atoms with E-state index < -0.39 is 0 Å². The molecule has 0 bridgehead atoms. The maximum atomic E-state index is 5.76. The second kappa shape index (κ2) is 3.91. The molecule has 2 aromatic rings. The smallest absolute Gasteiger partial charge is 0.197 e. The largest absolute Gasteiger partial charge is 0.441 e. The van der Waals surface area contributed by atoms with Crippen LogP contribution < -0.4 is 5.32 Å². The van der Waals surface area contributed by atoms with Crippen LogP contribution in [-0.4, -0.2) is 17.6 Å². The zero-order valence-corrected chi connectivity index (χ0v) is 9.49. The van der Waals surface area contributed by atoms with Crippen molar-refractivity contribution in [1.29, 1.82) is 0 Å². The van der Waals surface area contributed by atoms with Crippen LogP contribution in [0.3, 0.4) is 0 Å². The Morgan fingerprint density at radius 3 is 3.19 bits per heavy atom. The number of hydrogen-bond acceptors (Lipinski definition) is 3. The van der Waals surface area contributed by atoms with Crippen LogP contribution in [0.2, 0.25) is 0 Å². The molecule has 1 N–H and O–H groups in total. The molecule has 3 nitrogen and oxygen atoms in total. The van der Waals surface area contributed by atoms with Crippen LogP contribution in [0, 0.1) is 6.92 Å². The number of hydrogen-bond donors (Lipinski definition) is 1. The van der Waals surface area contributed by atoms with E-state index in [1.807, 2.05) is 12.1 Å². The summed E-state index contributed by atoms with van der Waals surface area (Å²) in [7, 11) is 0. The number of aryl methyl sites for hydroxylation is 1. The van der Waals surface area contributed by atoms with Gasteiger partial charge in [0.25, 0.3) is 0 Å². The summed E-state index contributed by atoms with van der Waals surface area (Å²) in [4.78, 5) is 4.57. The highest BCUT2D eigenvalue weighted by atomic mass is 16.3. The van der Waals surface area contributed by atoms with Crippen molar-refractivity contribution < 1.29 is 4.42 Å². The number of benzene rings is 1. The molecule has 2 heterocycles. The second-order valence-corrected chi connectivity index (χ2v) is 4.53. The van der Waals surface area contributed by atoms with Gasteiger partial charge in [-0.2, -0.15) is 0 Å². The van der Waals surface area contributed by atoms with Crippen molar-refractivity contribution in [2.45, 2.75) is 32.2 Å². The Labute approximate surface area is 94.9 Å². The lowest BCUT2D eigenvalue weighted by atomic mass is 10.1. The maximum absolute atomic E-state index is 5.76. The van der Waals surface area contributed by atoms with Gasteiger partial charge < -0.3 is 9.73 Å². The van der Waals surface area contributed by atoms with Crippen molar-refractivity contribution in [3.8, 4) is 0 Å². The summed E-state index contributed by atoms with van der Waals surface area (Å²) in [6.07, 6.45) is 3.41. The minimum atomic E-state index is 0.549. The second-order valence-electron chi connectivity index (χ2n) is 4.53. The third-order valence-electron chi connectivity index (χ3n) is 3.25. The quantitative estimate of drug-likeness (QED) is 0.837. The predicted octanol–water partition coefficient (Wildman–Crippen LogP) is 2.43. The molecule has 84 valence electrons. The summed E-state index contributed by atoms with van der Waals surface area (Å²) in [6.45, 7) is 3.20. The zero-order valence-electron chi connectivity index (χ0n) is 9.49. The molecule has 0 spiro atoms. The normalized spacial score (nSPS) is 20.7. The number of oxazole rings is 1. The van der Waals surface area contributed by atoms with Gasteiger partial charge in [0.1, 0.15) is 5.52 Å². The van der Waals surface area contributed by atoms with E-state index in [-0.39, 0.29) is 0 Å². The van der Waals surface area contributed by atoms with Crippen LogP contribution in [0.4, 0.5) is 0 Å². The lowest BCUT2D eigenvalue weighted by Gasteiger charge is -2.05. The molecular formula is C13H16N2O. The summed E-state index contributed by atoms with van der Waals surface area (Å²) in [5.41, 5.74) is 3.11. The van der Waals surface area contributed by atoms with Crippen molar-refractivity contribution >= 4 is 11.1 Å². The Hall–Kier alpha value is -1.35. The molecule has 0 radical (unpaired) electrons. The number of fused-ring (bicyclic) bond motifs is 1. The van der Waals surface area contributed by atoms with E-state index in [4.69, 9.17) is 4.42 Å². The van der Waals surface area contributed by atoms with Crippen molar-refractivity contribution in [2.75, 3.05) is 6.54 Å². The fraction of sp³-hybridized carbons (Fsp3) is 0.462. The topological polar surface area (TPSA) is 38.1 Å². The first-order valence-corrected chi connectivity index (χ1v) is 5.91. The molecule has 0 saturated carbocycles. The standard InChI is InChI=1S/C13H16N2O/c1-9-4-2-6-11-13(9)15-12(16-11)8-10-5-3-7-14-10/h2,4,6,10,14H,3,5,7-8H2,1H3. The summed E-state index contributed by atoms with van der Waals surface area (Å²) in [5, 5.41) is 3.46. The van der Waals surface area contributed by atoms with E-state index in [2.05, 4.69) is 23.3 Å². The summed E-state index contributed by atoms with van der Waals surface area (Å²) < 4.78 is 5.76. The molecule has 1 aromatic heterocycles. The van der Waals surface area contributed by atoms with Gasteiger partial charge in [-0.3, -0.25) is 0 Å². The van der Waals surface area contributed by atoms with Crippen LogP contribution in [0.15, 0.2) is 22.6 Å². The summed E-state index contributed by atoms with van der Waals surface area (Å²) in [6, 6.07) is 6.62. The van der Waals surface area contributed by atoms with Gasteiger partial charge in [0, 0.05) is 12.5 Å². The van der Waals surface area contributed by atoms with E-state index in [0.29, 0.717) is 6.04 Å². The zero-order chi connectivity index (χ0) is 11.0. The third kappa shape index (κ3) is 1.71. The number of nitrogens with one attached hydrogen (secondary N) is 1. The Morgan fingerprint density at radius 1 is 1.50 bits per heavy atom. The predicted molar refractivity (Wildman–Crippen MR) is 63.5 cm³/mol. The highest BCUT2D eigenvalue weighted by molar-refractivity contribution is 5.76. The van der Waals surface area contributed by atoms with Gasteiger partial charge in [-0.25, -0.2) is 4.98 Å². The summed E-state index contributed by atoms with van der Waals surface area (Å²) in [5.74, 6) is 0.865. The SMILES string of the molecule is Cc1cccc2oc(CC3CCCN3)nc12. The van der Waals surface area contributed by atoms with Gasteiger partial charge in [0.05, 0.1) is 0 Å². The van der Waals surface area contributed by atoms with Crippen LogP contribution in [0.25, 0.3) is 11.1 Å². The molecule has 0 amide bonds. The van der Waals surface area contributed by atoms with Gasteiger partial charge in [-0.15, -0.1) is 0 Å². The minimum Gasteiger partial charge on any atom is -0.441 e. The average Bonchev–Trinajstić information content (AvgIpc) is 2.88. The number of aromatic nitrogens is 1. The molecule has 1 saturated heterocycles. The maximum Gasteiger partial charge on any atom is 0.197 e. The monoisotopic (exact) mass is 216 g/mol. The van der Waals surface area contributed by atoms with Crippen molar-refractivity contribution in [2.24, 2.45) is 0 Å². The first-order valence-electron chi connectivity index (χ1n) is 5.91. The molecule has 1 aromatic carbocycles. The van der Waals surface area contributed by atoms with Crippen molar-refractivity contribution in [3.63, 3.8) is 0 Å². The number of nitrogens with zero attached hydrogens (tertiary/aromatic N) is 1. The third-order valence-corrected chi connectivity index (χ3v) is 3.25. The highest BCUT2D eigenvalue weighted by Crippen LogP contribution is 2.20. The molecule has 1 aliphatic rings. The lowest BCUT2D eigenvalue weighted by molar-refractivity contribution is 0.478. The highest BCUT2D eigenvalue weighted by Gasteiger charge is 2.17.